The topological polar surface area (TPSA) is 78.0 Å². The quantitative estimate of drug-likeness (QED) is 0.914. The number of oxazole rings is 1. The van der Waals surface area contributed by atoms with Crippen LogP contribution in [-0.4, -0.2) is 34.5 Å². The van der Waals surface area contributed by atoms with E-state index < -0.39 is 0 Å². The van der Waals surface area contributed by atoms with Crippen LogP contribution in [0.3, 0.4) is 0 Å². The molecule has 6 heteroatoms. The smallest absolute Gasteiger partial charge is 0.208 e. The Bertz CT molecular complexity index is 699. The van der Waals surface area contributed by atoms with Crippen molar-refractivity contribution < 1.29 is 4.42 Å². The zero-order valence-corrected chi connectivity index (χ0v) is 13.5. The van der Waals surface area contributed by atoms with Gasteiger partial charge in [-0.3, -0.25) is 4.90 Å². The summed E-state index contributed by atoms with van der Waals surface area (Å²) in [5.74, 6) is 2.91. The van der Waals surface area contributed by atoms with Crippen LogP contribution in [0.2, 0.25) is 0 Å². The van der Waals surface area contributed by atoms with Crippen LogP contribution in [-0.2, 0) is 6.54 Å². The van der Waals surface area contributed by atoms with Crippen molar-refractivity contribution in [1.29, 1.82) is 5.26 Å². The van der Waals surface area contributed by atoms with Crippen LogP contribution in [0.5, 0.6) is 0 Å². The minimum absolute atomic E-state index is 0.542. The van der Waals surface area contributed by atoms with E-state index in [1.807, 2.05) is 13.8 Å². The molecule has 23 heavy (non-hydrogen) atoms. The zero-order valence-electron chi connectivity index (χ0n) is 13.5. The van der Waals surface area contributed by atoms with Gasteiger partial charge in [-0.05, 0) is 44.9 Å². The van der Waals surface area contributed by atoms with Crippen molar-refractivity contribution in [3.05, 3.63) is 41.2 Å². The number of likely N-dealkylation sites (tertiary alicyclic amines) is 1. The van der Waals surface area contributed by atoms with Crippen molar-refractivity contribution in [2.24, 2.45) is 5.92 Å². The number of nitrogens with one attached hydrogen (secondary N) is 1. The molecule has 3 rings (SSSR count). The largest absolute Gasteiger partial charge is 0.444 e. The first-order valence-corrected chi connectivity index (χ1v) is 7.90. The first kappa shape index (κ1) is 15.5. The molecule has 0 aromatic carbocycles. The summed E-state index contributed by atoms with van der Waals surface area (Å²) in [5.41, 5.74) is 1.56. The lowest BCUT2D eigenvalue weighted by Gasteiger charge is -2.15. The van der Waals surface area contributed by atoms with Gasteiger partial charge in [-0.25, -0.2) is 9.97 Å². The first-order valence-electron chi connectivity index (χ1n) is 7.90. The van der Waals surface area contributed by atoms with Gasteiger partial charge in [0.1, 0.15) is 17.6 Å². The van der Waals surface area contributed by atoms with Gasteiger partial charge in [0, 0.05) is 19.3 Å². The summed E-state index contributed by atoms with van der Waals surface area (Å²) in [7, 11) is 0. The van der Waals surface area contributed by atoms with Crippen molar-refractivity contribution in [2.75, 3.05) is 25.0 Å². The summed E-state index contributed by atoms with van der Waals surface area (Å²) in [6.45, 7) is 7.55. The first-order chi connectivity index (χ1) is 11.2. The van der Waals surface area contributed by atoms with Crippen molar-refractivity contribution in [3.8, 4) is 6.07 Å². The lowest BCUT2D eigenvalue weighted by atomic mass is 10.1. The molecule has 1 saturated heterocycles. The van der Waals surface area contributed by atoms with Crippen molar-refractivity contribution >= 4 is 5.82 Å². The zero-order chi connectivity index (χ0) is 16.2. The summed E-state index contributed by atoms with van der Waals surface area (Å²) in [4.78, 5) is 11.0. The molecule has 1 aliphatic rings. The molecule has 0 bridgehead atoms. The fourth-order valence-corrected chi connectivity index (χ4v) is 2.90. The molecule has 120 valence electrons. The van der Waals surface area contributed by atoms with Crippen LogP contribution in [0.4, 0.5) is 5.82 Å². The molecule has 0 radical (unpaired) electrons. The van der Waals surface area contributed by atoms with Gasteiger partial charge in [0.2, 0.25) is 5.89 Å². The Kier molecular flexibility index (Phi) is 4.58. The van der Waals surface area contributed by atoms with Crippen molar-refractivity contribution in [3.63, 3.8) is 0 Å². The number of anilines is 1. The average molecular weight is 311 g/mol. The van der Waals surface area contributed by atoms with Gasteiger partial charge >= 0.3 is 0 Å². The molecular formula is C17H21N5O. The number of nitrogens with zero attached hydrogens (tertiary/aromatic N) is 4. The summed E-state index contributed by atoms with van der Waals surface area (Å²) in [5, 5.41) is 12.4. The van der Waals surface area contributed by atoms with Gasteiger partial charge in [-0.15, -0.1) is 0 Å². The Morgan fingerprint density at radius 3 is 3.09 bits per heavy atom. The molecular weight excluding hydrogens is 290 g/mol. The Hall–Kier alpha value is -2.39. The number of hydrogen-bond acceptors (Lipinski definition) is 6. The maximum atomic E-state index is 9.09. The van der Waals surface area contributed by atoms with Gasteiger partial charge < -0.3 is 9.73 Å². The highest BCUT2D eigenvalue weighted by Crippen LogP contribution is 2.20. The lowest BCUT2D eigenvalue weighted by molar-refractivity contribution is 0.279. The fourth-order valence-electron chi connectivity index (χ4n) is 2.90. The second kappa shape index (κ2) is 6.80. The van der Waals surface area contributed by atoms with Crippen LogP contribution in [0.1, 0.15) is 29.3 Å². The van der Waals surface area contributed by atoms with Crippen LogP contribution in [0, 0.1) is 31.1 Å². The number of hydrogen-bond donors (Lipinski definition) is 1. The third-order valence-corrected chi connectivity index (χ3v) is 4.29. The van der Waals surface area contributed by atoms with E-state index in [0.717, 1.165) is 49.9 Å². The van der Waals surface area contributed by atoms with E-state index in [2.05, 4.69) is 26.3 Å². The van der Waals surface area contributed by atoms with Gasteiger partial charge in [0.15, 0.2) is 0 Å². The molecule has 0 spiro atoms. The van der Waals surface area contributed by atoms with Crippen LogP contribution in [0.15, 0.2) is 22.7 Å². The maximum Gasteiger partial charge on any atom is 0.208 e. The molecule has 1 atom stereocenters. The van der Waals surface area contributed by atoms with E-state index in [1.165, 1.54) is 0 Å². The molecule has 1 N–H and O–H groups in total. The summed E-state index contributed by atoms with van der Waals surface area (Å²) < 4.78 is 5.66. The second-order valence-corrected chi connectivity index (χ2v) is 6.03. The van der Waals surface area contributed by atoms with E-state index in [1.54, 1.807) is 18.3 Å². The molecule has 0 aliphatic carbocycles. The molecule has 6 nitrogen and oxygen atoms in total. The molecule has 1 aliphatic heterocycles. The lowest BCUT2D eigenvalue weighted by Crippen LogP contribution is -2.23. The Balaban J connectivity index is 1.51. The van der Waals surface area contributed by atoms with Crippen molar-refractivity contribution in [1.82, 2.24) is 14.9 Å². The van der Waals surface area contributed by atoms with Crippen molar-refractivity contribution in [2.45, 2.75) is 26.8 Å². The number of rotatable bonds is 5. The van der Waals surface area contributed by atoms with Gasteiger partial charge in [-0.1, -0.05) is 0 Å². The average Bonchev–Trinajstić information content (AvgIpc) is 3.12. The highest BCUT2D eigenvalue weighted by molar-refractivity contribution is 5.51. The number of pyridine rings is 1. The molecule has 3 heterocycles. The predicted octanol–water partition coefficient (Wildman–Crippen LogP) is 2.49. The molecule has 2 aromatic rings. The predicted molar refractivity (Wildman–Crippen MR) is 86.8 cm³/mol. The van der Waals surface area contributed by atoms with Crippen LogP contribution >= 0.6 is 0 Å². The van der Waals surface area contributed by atoms with Gasteiger partial charge in [0.25, 0.3) is 0 Å². The van der Waals surface area contributed by atoms with E-state index in [-0.39, 0.29) is 0 Å². The maximum absolute atomic E-state index is 9.09. The van der Waals surface area contributed by atoms with Crippen LogP contribution < -0.4 is 5.32 Å². The Morgan fingerprint density at radius 2 is 2.35 bits per heavy atom. The number of nitriles is 1. The van der Waals surface area contributed by atoms with E-state index >= 15 is 0 Å². The summed E-state index contributed by atoms with van der Waals surface area (Å²) in [6.07, 6.45) is 2.83. The highest BCUT2D eigenvalue weighted by Gasteiger charge is 2.24. The standard InChI is InChI=1S/C17H21N5O/c1-12-13(2)23-16(21-12)11-22-7-5-14(10-22)9-20-17-15(8-18)4-3-6-19-17/h3-4,6,14H,5,7,9-11H2,1-2H3,(H,19,20)/t14-/m1/s1. The van der Waals surface area contributed by atoms with Gasteiger partial charge in [-0.2, -0.15) is 5.26 Å². The van der Waals surface area contributed by atoms with E-state index in [4.69, 9.17) is 9.68 Å². The minimum atomic E-state index is 0.542. The monoisotopic (exact) mass is 311 g/mol. The highest BCUT2D eigenvalue weighted by atomic mass is 16.4. The number of aryl methyl sites for hydroxylation is 2. The molecule has 0 unspecified atom stereocenters. The molecule has 0 saturated carbocycles. The number of aromatic nitrogens is 2. The minimum Gasteiger partial charge on any atom is -0.444 e. The third kappa shape index (κ3) is 3.69. The van der Waals surface area contributed by atoms with E-state index in [9.17, 15) is 0 Å². The molecule has 2 aromatic heterocycles. The summed E-state index contributed by atoms with van der Waals surface area (Å²) >= 11 is 0. The second-order valence-electron chi connectivity index (χ2n) is 6.03. The van der Waals surface area contributed by atoms with Gasteiger partial charge in [0.05, 0.1) is 17.8 Å². The third-order valence-electron chi connectivity index (χ3n) is 4.29. The SMILES string of the molecule is Cc1nc(CN2CC[C@H](CNc3ncccc3C#N)C2)oc1C. The Labute approximate surface area is 136 Å². The molecule has 1 fully saturated rings. The molecule has 0 amide bonds. The summed E-state index contributed by atoms with van der Waals surface area (Å²) in [6, 6.07) is 5.72. The Morgan fingerprint density at radius 1 is 1.48 bits per heavy atom. The normalized spacial score (nSPS) is 18.0. The van der Waals surface area contributed by atoms with E-state index in [0.29, 0.717) is 17.3 Å². The fraction of sp³-hybridized carbons (Fsp3) is 0.471. The van der Waals surface area contributed by atoms with Crippen LogP contribution in [0.25, 0.3) is 0 Å².